The highest BCUT2D eigenvalue weighted by Gasteiger charge is 2.23. The van der Waals surface area contributed by atoms with Gasteiger partial charge in [-0.25, -0.2) is 0 Å². The molecule has 0 saturated heterocycles. The maximum atomic E-state index is 6.81. The Bertz CT molecular complexity index is 599. The first-order valence-electron chi connectivity index (χ1n) is 9.65. The van der Waals surface area contributed by atoms with Crippen LogP contribution in [0, 0.1) is 25.7 Å². The molecule has 0 bridgehead atoms. The molecule has 0 spiro atoms. The second kappa shape index (κ2) is 9.20. The van der Waals surface area contributed by atoms with Gasteiger partial charge < -0.3 is 4.74 Å². The van der Waals surface area contributed by atoms with Crippen LogP contribution < -0.4 is 0 Å². The third kappa shape index (κ3) is 5.71. The lowest BCUT2D eigenvalue weighted by molar-refractivity contribution is -0.0357. The standard InChI is InChI=1S/C24H34O/c1-17(2)15-23(21-13-9-7-11-19(21)5)25-24(16-18(3)4)22-14-10-8-12-20(22)6/h7-14,17-18,23-24H,15-16H2,1-6H3. The van der Waals surface area contributed by atoms with E-state index in [4.69, 9.17) is 4.74 Å². The van der Waals surface area contributed by atoms with E-state index in [0.717, 1.165) is 12.8 Å². The van der Waals surface area contributed by atoms with Crippen LogP contribution in [0.4, 0.5) is 0 Å². The molecular weight excluding hydrogens is 304 g/mol. The summed E-state index contributed by atoms with van der Waals surface area (Å²) < 4.78 is 6.81. The molecule has 0 aromatic heterocycles. The molecule has 2 aromatic carbocycles. The summed E-state index contributed by atoms with van der Waals surface area (Å²) in [4.78, 5) is 0. The van der Waals surface area contributed by atoms with E-state index in [-0.39, 0.29) is 12.2 Å². The van der Waals surface area contributed by atoms with Crippen molar-refractivity contribution in [3.63, 3.8) is 0 Å². The summed E-state index contributed by atoms with van der Waals surface area (Å²) >= 11 is 0. The summed E-state index contributed by atoms with van der Waals surface area (Å²) in [6.07, 6.45) is 2.38. The molecule has 136 valence electrons. The smallest absolute Gasteiger partial charge is 0.0838 e. The van der Waals surface area contributed by atoms with Crippen molar-refractivity contribution in [3.8, 4) is 0 Å². The van der Waals surface area contributed by atoms with E-state index < -0.39 is 0 Å². The Morgan fingerprint density at radius 1 is 0.640 bits per heavy atom. The van der Waals surface area contributed by atoms with E-state index in [2.05, 4.69) is 90.1 Å². The second-order valence-corrected chi connectivity index (χ2v) is 8.09. The van der Waals surface area contributed by atoms with Crippen LogP contribution >= 0.6 is 0 Å². The van der Waals surface area contributed by atoms with Gasteiger partial charge in [-0.1, -0.05) is 76.2 Å². The second-order valence-electron chi connectivity index (χ2n) is 8.09. The van der Waals surface area contributed by atoms with E-state index in [9.17, 15) is 0 Å². The minimum absolute atomic E-state index is 0.143. The van der Waals surface area contributed by atoms with Crippen LogP contribution in [-0.4, -0.2) is 0 Å². The number of hydrogen-bond donors (Lipinski definition) is 0. The fraction of sp³-hybridized carbons (Fsp3) is 0.500. The molecule has 25 heavy (non-hydrogen) atoms. The van der Waals surface area contributed by atoms with E-state index in [1.165, 1.54) is 22.3 Å². The van der Waals surface area contributed by atoms with Crippen molar-refractivity contribution in [2.75, 3.05) is 0 Å². The Balaban J connectivity index is 2.35. The van der Waals surface area contributed by atoms with Crippen LogP contribution in [0.5, 0.6) is 0 Å². The molecule has 0 aliphatic carbocycles. The van der Waals surface area contributed by atoms with Crippen molar-refractivity contribution in [2.24, 2.45) is 11.8 Å². The first-order chi connectivity index (χ1) is 11.9. The van der Waals surface area contributed by atoms with Gasteiger partial charge in [-0.3, -0.25) is 0 Å². The van der Waals surface area contributed by atoms with Gasteiger partial charge in [0.15, 0.2) is 0 Å². The third-order valence-electron chi connectivity index (χ3n) is 4.77. The first-order valence-corrected chi connectivity index (χ1v) is 9.65. The maximum Gasteiger partial charge on any atom is 0.0838 e. The normalized spacial score (nSPS) is 14.1. The lowest BCUT2D eigenvalue weighted by Crippen LogP contribution is -2.16. The number of benzene rings is 2. The predicted molar refractivity (Wildman–Crippen MR) is 108 cm³/mol. The van der Waals surface area contributed by atoms with Gasteiger partial charge in [-0.2, -0.15) is 0 Å². The molecule has 2 unspecified atom stereocenters. The molecule has 0 heterocycles. The molecule has 2 aromatic rings. The van der Waals surface area contributed by atoms with Crippen LogP contribution in [0.25, 0.3) is 0 Å². The largest absolute Gasteiger partial charge is 0.366 e. The molecular formula is C24H34O. The van der Waals surface area contributed by atoms with Crippen LogP contribution in [0.1, 0.15) is 75.0 Å². The Kier molecular flexibility index (Phi) is 7.25. The van der Waals surface area contributed by atoms with E-state index >= 15 is 0 Å². The SMILES string of the molecule is Cc1ccccc1C(CC(C)C)OC(CC(C)C)c1ccccc1C. The Hall–Kier alpha value is -1.60. The molecule has 2 atom stereocenters. The van der Waals surface area contributed by atoms with Gasteiger partial charge in [0.25, 0.3) is 0 Å². The summed E-state index contributed by atoms with van der Waals surface area (Å²) in [5.41, 5.74) is 5.31. The first kappa shape index (κ1) is 19.7. The number of ether oxygens (including phenoxy) is 1. The minimum Gasteiger partial charge on any atom is -0.366 e. The summed E-state index contributed by atoms with van der Waals surface area (Å²) in [5.74, 6) is 1.20. The highest BCUT2D eigenvalue weighted by molar-refractivity contribution is 5.30. The Morgan fingerprint density at radius 2 is 1.00 bits per heavy atom. The highest BCUT2D eigenvalue weighted by Crippen LogP contribution is 2.36. The van der Waals surface area contributed by atoms with Gasteiger partial charge in [0, 0.05) is 0 Å². The molecule has 2 rings (SSSR count). The van der Waals surface area contributed by atoms with Crippen LogP contribution in [0.3, 0.4) is 0 Å². The molecule has 0 radical (unpaired) electrons. The summed E-state index contributed by atoms with van der Waals surface area (Å²) in [7, 11) is 0. The molecule has 0 saturated carbocycles. The van der Waals surface area contributed by atoms with Gasteiger partial charge in [0.1, 0.15) is 0 Å². The summed E-state index contributed by atoms with van der Waals surface area (Å²) in [6.45, 7) is 13.5. The van der Waals surface area contributed by atoms with Crippen molar-refractivity contribution < 1.29 is 4.74 Å². The van der Waals surface area contributed by atoms with Gasteiger partial charge in [-0.05, 0) is 60.8 Å². The lowest BCUT2D eigenvalue weighted by Gasteiger charge is -2.29. The van der Waals surface area contributed by atoms with Gasteiger partial charge in [0.2, 0.25) is 0 Å². The minimum atomic E-state index is 0.143. The molecule has 1 heteroatoms. The fourth-order valence-electron chi connectivity index (χ4n) is 3.46. The van der Waals surface area contributed by atoms with Gasteiger partial charge in [0.05, 0.1) is 12.2 Å². The van der Waals surface area contributed by atoms with Crippen molar-refractivity contribution in [1.82, 2.24) is 0 Å². The molecule has 0 aliphatic rings. The average molecular weight is 339 g/mol. The average Bonchev–Trinajstić information content (AvgIpc) is 2.53. The van der Waals surface area contributed by atoms with Crippen LogP contribution in [0.2, 0.25) is 0 Å². The monoisotopic (exact) mass is 338 g/mol. The highest BCUT2D eigenvalue weighted by atomic mass is 16.5. The summed E-state index contributed by atoms with van der Waals surface area (Å²) in [6, 6.07) is 17.3. The van der Waals surface area contributed by atoms with Gasteiger partial charge in [-0.15, -0.1) is 0 Å². The van der Waals surface area contributed by atoms with Crippen molar-refractivity contribution in [3.05, 3.63) is 70.8 Å². The zero-order valence-corrected chi connectivity index (χ0v) is 16.8. The molecule has 0 aliphatic heterocycles. The Morgan fingerprint density at radius 3 is 1.32 bits per heavy atom. The molecule has 0 fully saturated rings. The quantitative estimate of drug-likeness (QED) is 0.494. The fourth-order valence-corrected chi connectivity index (χ4v) is 3.46. The van der Waals surface area contributed by atoms with Crippen molar-refractivity contribution in [2.45, 2.75) is 66.6 Å². The van der Waals surface area contributed by atoms with E-state index in [0.29, 0.717) is 11.8 Å². The van der Waals surface area contributed by atoms with Crippen molar-refractivity contribution in [1.29, 1.82) is 0 Å². The topological polar surface area (TPSA) is 9.23 Å². The number of aryl methyl sites for hydroxylation is 2. The zero-order chi connectivity index (χ0) is 18.4. The Labute approximate surface area is 154 Å². The number of hydrogen-bond acceptors (Lipinski definition) is 1. The zero-order valence-electron chi connectivity index (χ0n) is 16.8. The van der Waals surface area contributed by atoms with Crippen LogP contribution in [0.15, 0.2) is 48.5 Å². The van der Waals surface area contributed by atoms with Crippen molar-refractivity contribution >= 4 is 0 Å². The molecule has 0 amide bonds. The van der Waals surface area contributed by atoms with Gasteiger partial charge >= 0.3 is 0 Å². The van der Waals surface area contributed by atoms with E-state index in [1.807, 2.05) is 0 Å². The van der Waals surface area contributed by atoms with Crippen LogP contribution in [-0.2, 0) is 4.74 Å². The lowest BCUT2D eigenvalue weighted by atomic mass is 9.93. The molecule has 1 nitrogen and oxygen atoms in total. The van der Waals surface area contributed by atoms with E-state index in [1.54, 1.807) is 0 Å². The maximum absolute atomic E-state index is 6.81. The molecule has 0 N–H and O–H groups in total. The third-order valence-corrected chi connectivity index (χ3v) is 4.77. The summed E-state index contributed by atoms with van der Waals surface area (Å²) in [5, 5.41) is 0. The number of rotatable bonds is 8. The predicted octanol–water partition coefficient (Wildman–Crippen LogP) is 7.19.